The van der Waals surface area contributed by atoms with E-state index in [1.165, 1.54) is 77.0 Å². The van der Waals surface area contributed by atoms with E-state index < -0.39 is 9.43 Å². The second-order valence-electron chi connectivity index (χ2n) is 6.66. The van der Waals surface area contributed by atoms with Gasteiger partial charge >= 0.3 is 9.43 Å². The molecule has 0 heterocycles. The molecule has 0 bridgehead atoms. The van der Waals surface area contributed by atoms with Gasteiger partial charge in [-0.25, -0.2) is 0 Å². The van der Waals surface area contributed by atoms with Crippen molar-refractivity contribution in [1.29, 1.82) is 0 Å². The first-order valence-electron chi connectivity index (χ1n) is 10.6. The van der Waals surface area contributed by atoms with E-state index in [0.29, 0.717) is 13.9 Å². The fraction of sp³-hybridized carbons (Fsp3) is 0.857. The van der Waals surface area contributed by atoms with Crippen LogP contribution in [0.1, 0.15) is 111 Å². The summed E-state index contributed by atoms with van der Waals surface area (Å²) in [6.45, 7) is 11.9. The van der Waals surface area contributed by atoms with Crippen molar-refractivity contribution in [2.24, 2.45) is 0 Å². The number of carbonyl (C=O) groups is 1. The molecule has 0 aromatic heterocycles. The van der Waals surface area contributed by atoms with E-state index in [4.69, 9.17) is 4.80 Å². The number of Topliss-reactive ketones (excluding diaryl/α,β-unsaturated/α-hetero) is 1. The van der Waals surface area contributed by atoms with Crippen molar-refractivity contribution in [3.8, 4) is 0 Å². The summed E-state index contributed by atoms with van der Waals surface area (Å²) in [6.07, 6.45) is 20.0. The minimum Gasteiger partial charge on any atom is -0.406 e. The second kappa shape index (κ2) is 31.8. The van der Waals surface area contributed by atoms with Crippen LogP contribution in [-0.4, -0.2) is 26.7 Å². The maximum absolute atomic E-state index is 10.5. The molecule has 2 nitrogen and oxygen atoms in total. The van der Waals surface area contributed by atoms with Gasteiger partial charge in [0.2, 0.25) is 0 Å². The topological polar surface area (TPSA) is 37.3 Å². The van der Waals surface area contributed by atoms with Gasteiger partial charge in [-0.3, -0.25) is 0 Å². The van der Waals surface area contributed by atoms with Crippen LogP contribution in [0.3, 0.4) is 0 Å². The third-order valence-electron chi connectivity index (χ3n) is 3.83. The standard InChI is InChI=1S/C10H20O.C10H20.CH7OPSi/c1-3-4-5-6-7-8-9-10(2)11;1-3-5-7-9-10-8-6-4-2;1-3-4-2/h3-9H2,1-2H3;3H,1,4-10H2,2H3;2-3H,4H2,1H3/p+1. The average Bonchev–Trinajstić information content (AvgIpc) is 2.61. The van der Waals surface area contributed by atoms with Crippen LogP contribution >= 0.6 is 8.13 Å². The number of ketones is 1. The molecule has 1 N–H and O–H groups in total. The Bertz CT molecular complexity index is 246. The van der Waals surface area contributed by atoms with Gasteiger partial charge in [-0.05, 0) is 34.3 Å². The minimum absolute atomic E-state index is 0.334. The summed E-state index contributed by atoms with van der Waals surface area (Å²) in [5.41, 5.74) is 0. The summed E-state index contributed by atoms with van der Waals surface area (Å²) in [4.78, 5) is 18.6. The average molecular weight is 392 g/mol. The highest BCUT2D eigenvalue weighted by molar-refractivity contribution is 7.68. The molecule has 152 valence electrons. The molecule has 1 atom stereocenters. The number of hydrogen-bond acceptors (Lipinski definition) is 2. The molecular formula is C21H48O2PSi+. The van der Waals surface area contributed by atoms with Gasteiger partial charge in [0.1, 0.15) is 5.78 Å². The summed E-state index contributed by atoms with van der Waals surface area (Å²) >= 11 is 0. The molecule has 0 aromatic rings. The van der Waals surface area contributed by atoms with Crippen LogP contribution in [0.4, 0.5) is 0 Å². The van der Waals surface area contributed by atoms with Gasteiger partial charge in [0.05, 0.1) is 0 Å². The van der Waals surface area contributed by atoms with Gasteiger partial charge in [0.15, 0.2) is 0 Å². The third kappa shape index (κ3) is 45.4. The summed E-state index contributed by atoms with van der Waals surface area (Å²) in [5.74, 6) is 0.334. The first-order chi connectivity index (χ1) is 12.1. The number of rotatable bonds is 15. The molecule has 0 rings (SSSR count). The number of hydrogen-bond donors (Lipinski definition) is 1. The molecule has 0 aromatic carbocycles. The molecule has 0 aliphatic heterocycles. The van der Waals surface area contributed by atoms with Crippen LogP contribution in [0.25, 0.3) is 0 Å². The SMILES string of the molecule is C=CCCCCCCCC.CCCCCCCCC(C)=O.C[PH2+][SiH2]O. The monoisotopic (exact) mass is 391 g/mol. The highest BCUT2D eigenvalue weighted by atomic mass is 31.3. The zero-order valence-corrected chi connectivity index (χ0v) is 20.4. The normalized spacial score (nSPS) is 10.4. The lowest BCUT2D eigenvalue weighted by Crippen LogP contribution is -1.88. The Labute approximate surface area is 163 Å². The molecule has 0 spiro atoms. The van der Waals surface area contributed by atoms with Crippen LogP contribution in [0, 0.1) is 0 Å². The lowest BCUT2D eigenvalue weighted by molar-refractivity contribution is -0.117. The van der Waals surface area contributed by atoms with Gasteiger partial charge in [0.25, 0.3) is 0 Å². The van der Waals surface area contributed by atoms with E-state index in [1.807, 2.05) is 6.08 Å². The van der Waals surface area contributed by atoms with Gasteiger partial charge < -0.3 is 9.59 Å². The second-order valence-corrected chi connectivity index (χ2v) is 11.4. The Morgan fingerprint density at radius 2 is 1.32 bits per heavy atom. The fourth-order valence-electron chi connectivity index (χ4n) is 2.22. The summed E-state index contributed by atoms with van der Waals surface area (Å²) < 4.78 is 0. The Hall–Kier alpha value is 0.0169. The van der Waals surface area contributed by atoms with Gasteiger partial charge in [-0.15, -0.1) is 6.58 Å². The Kier molecular flexibility index (Phi) is 37.8. The van der Waals surface area contributed by atoms with E-state index in [2.05, 4.69) is 27.1 Å². The van der Waals surface area contributed by atoms with Gasteiger partial charge in [-0.1, -0.05) is 84.1 Å². The zero-order valence-electron chi connectivity index (χ0n) is 17.8. The minimum atomic E-state index is -0.492. The molecule has 1 unspecified atom stereocenters. The Morgan fingerprint density at radius 3 is 1.68 bits per heavy atom. The van der Waals surface area contributed by atoms with Crippen LogP contribution in [-0.2, 0) is 4.79 Å². The molecule has 0 aliphatic carbocycles. The van der Waals surface area contributed by atoms with E-state index >= 15 is 0 Å². The predicted octanol–water partition coefficient (Wildman–Crippen LogP) is 6.27. The maximum Gasteiger partial charge on any atom is 0.333 e. The number of allylic oxidation sites excluding steroid dienone is 1. The smallest absolute Gasteiger partial charge is 0.333 e. The van der Waals surface area contributed by atoms with Crippen molar-refractivity contribution in [2.75, 3.05) is 6.66 Å². The molecule has 0 saturated carbocycles. The predicted molar refractivity (Wildman–Crippen MR) is 123 cm³/mol. The van der Waals surface area contributed by atoms with E-state index in [0.717, 1.165) is 12.8 Å². The first kappa shape index (κ1) is 29.8. The summed E-state index contributed by atoms with van der Waals surface area (Å²) in [5, 5.41) is 0. The van der Waals surface area contributed by atoms with Crippen molar-refractivity contribution in [3.05, 3.63) is 12.7 Å². The lowest BCUT2D eigenvalue weighted by atomic mass is 10.1. The third-order valence-corrected chi connectivity index (χ3v) is 5.29. The highest BCUT2D eigenvalue weighted by Gasteiger charge is 1.93. The van der Waals surface area contributed by atoms with Gasteiger partial charge in [0, 0.05) is 13.1 Å². The Balaban J connectivity index is -0.000000321. The van der Waals surface area contributed by atoms with Crippen LogP contribution in [0.15, 0.2) is 12.7 Å². The van der Waals surface area contributed by atoms with Crippen molar-refractivity contribution in [1.82, 2.24) is 0 Å². The molecule has 0 saturated heterocycles. The van der Waals surface area contributed by atoms with Gasteiger partial charge in [-0.2, -0.15) is 0 Å². The van der Waals surface area contributed by atoms with E-state index in [9.17, 15) is 4.79 Å². The van der Waals surface area contributed by atoms with E-state index in [-0.39, 0.29) is 0 Å². The number of unbranched alkanes of at least 4 members (excludes halogenated alkanes) is 11. The molecule has 0 aliphatic rings. The molecule has 0 amide bonds. The van der Waals surface area contributed by atoms with Crippen LogP contribution in [0.5, 0.6) is 0 Å². The van der Waals surface area contributed by atoms with Crippen molar-refractivity contribution in [3.63, 3.8) is 0 Å². The molecule has 25 heavy (non-hydrogen) atoms. The molecular weight excluding hydrogens is 343 g/mol. The summed E-state index contributed by atoms with van der Waals surface area (Å²) in [7, 11) is -0.0154. The maximum atomic E-state index is 10.5. The zero-order chi connectivity index (χ0) is 19.6. The van der Waals surface area contributed by atoms with Crippen LogP contribution < -0.4 is 0 Å². The van der Waals surface area contributed by atoms with E-state index in [1.54, 1.807) is 6.92 Å². The molecule has 0 radical (unpaired) electrons. The molecule has 0 fully saturated rings. The fourth-order valence-corrected chi connectivity index (χ4v) is 2.22. The summed E-state index contributed by atoms with van der Waals surface area (Å²) in [6, 6.07) is 0. The van der Waals surface area contributed by atoms with Crippen molar-refractivity contribution in [2.45, 2.75) is 111 Å². The van der Waals surface area contributed by atoms with Crippen LogP contribution in [0.2, 0.25) is 0 Å². The quantitative estimate of drug-likeness (QED) is 0.155. The lowest BCUT2D eigenvalue weighted by Gasteiger charge is -1.97. The Morgan fingerprint density at radius 1 is 0.920 bits per heavy atom. The largest absolute Gasteiger partial charge is 0.406 e. The first-order valence-corrected chi connectivity index (χ1v) is 15.6. The molecule has 4 heteroatoms. The van der Waals surface area contributed by atoms with Crippen molar-refractivity contribution < 1.29 is 9.59 Å². The number of carbonyl (C=O) groups excluding carboxylic acids is 1. The van der Waals surface area contributed by atoms with Crippen molar-refractivity contribution >= 4 is 23.3 Å². The highest BCUT2D eigenvalue weighted by Crippen LogP contribution is 2.07.